The SMILES string of the molecule is CCc1c(C(=O)O)ccn1-c1ccc(C(N)=O)cc1. The molecule has 0 aliphatic heterocycles. The van der Waals surface area contributed by atoms with Crippen LogP contribution in [0.5, 0.6) is 0 Å². The van der Waals surface area contributed by atoms with Crippen LogP contribution in [-0.4, -0.2) is 21.6 Å². The minimum absolute atomic E-state index is 0.293. The molecule has 0 aliphatic rings. The van der Waals surface area contributed by atoms with Crippen LogP contribution in [0.4, 0.5) is 0 Å². The number of carboxylic acids is 1. The Labute approximate surface area is 110 Å². The summed E-state index contributed by atoms with van der Waals surface area (Å²) in [6.45, 7) is 1.90. The molecular weight excluding hydrogens is 244 g/mol. The molecule has 0 aliphatic carbocycles. The Kier molecular flexibility index (Phi) is 3.37. The smallest absolute Gasteiger partial charge is 0.337 e. The zero-order chi connectivity index (χ0) is 14.0. The predicted molar refractivity (Wildman–Crippen MR) is 70.6 cm³/mol. The highest BCUT2D eigenvalue weighted by molar-refractivity contribution is 5.93. The second-order valence-electron chi connectivity index (χ2n) is 4.12. The van der Waals surface area contributed by atoms with Gasteiger partial charge in [-0.15, -0.1) is 0 Å². The summed E-state index contributed by atoms with van der Waals surface area (Å²) in [5, 5.41) is 9.10. The predicted octanol–water partition coefficient (Wildman–Crippen LogP) is 1.84. The number of nitrogens with zero attached hydrogens (tertiary/aromatic N) is 1. The highest BCUT2D eigenvalue weighted by atomic mass is 16.4. The van der Waals surface area contributed by atoms with Crippen molar-refractivity contribution in [2.24, 2.45) is 5.73 Å². The zero-order valence-corrected chi connectivity index (χ0v) is 10.5. The lowest BCUT2D eigenvalue weighted by Crippen LogP contribution is -2.11. The second kappa shape index (κ2) is 4.97. The number of carbonyl (C=O) groups excluding carboxylic acids is 1. The summed E-state index contributed by atoms with van der Waals surface area (Å²) < 4.78 is 1.80. The van der Waals surface area contributed by atoms with Crippen molar-refractivity contribution in [2.45, 2.75) is 13.3 Å². The Balaban J connectivity index is 2.47. The van der Waals surface area contributed by atoms with E-state index in [9.17, 15) is 9.59 Å². The average molecular weight is 258 g/mol. The number of primary amides is 1. The van der Waals surface area contributed by atoms with Gasteiger partial charge in [-0.05, 0) is 36.8 Å². The maximum Gasteiger partial charge on any atom is 0.337 e. The number of aromatic nitrogens is 1. The minimum atomic E-state index is -0.940. The molecule has 19 heavy (non-hydrogen) atoms. The monoisotopic (exact) mass is 258 g/mol. The molecule has 5 heteroatoms. The van der Waals surface area contributed by atoms with Gasteiger partial charge in [-0.1, -0.05) is 6.92 Å². The number of amides is 1. The van der Waals surface area contributed by atoms with Crippen LogP contribution in [0.25, 0.3) is 5.69 Å². The number of nitrogens with two attached hydrogens (primary N) is 1. The van der Waals surface area contributed by atoms with Crippen molar-refractivity contribution in [1.82, 2.24) is 4.57 Å². The van der Waals surface area contributed by atoms with Crippen molar-refractivity contribution >= 4 is 11.9 Å². The number of carbonyl (C=O) groups is 2. The lowest BCUT2D eigenvalue weighted by molar-refractivity contribution is 0.0695. The van der Waals surface area contributed by atoms with Crippen molar-refractivity contribution < 1.29 is 14.7 Å². The van der Waals surface area contributed by atoms with Crippen LogP contribution in [0.1, 0.15) is 33.3 Å². The van der Waals surface area contributed by atoms with Gasteiger partial charge in [-0.3, -0.25) is 4.79 Å². The number of hydrogen-bond donors (Lipinski definition) is 2. The van der Waals surface area contributed by atoms with Gasteiger partial charge in [-0.2, -0.15) is 0 Å². The van der Waals surface area contributed by atoms with Gasteiger partial charge in [0.25, 0.3) is 0 Å². The van der Waals surface area contributed by atoms with E-state index in [0.29, 0.717) is 17.5 Å². The van der Waals surface area contributed by atoms with Crippen LogP contribution in [0.15, 0.2) is 36.5 Å². The lowest BCUT2D eigenvalue weighted by Gasteiger charge is -2.09. The number of rotatable bonds is 4. The van der Waals surface area contributed by atoms with Gasteiger partial charge in [0.15, 0.2) is 0 Å². The molecule has 0 radical (unpaired) electrons. The van der Waals surface area contributed by atoms with E-state index in [0.717, 1.165) is 11.4 Å². The van der Waals surface area contributed by atoms with E-state index >= 15 is 0 Å². The third-order valence-electron chi connectivity index (χ3n) is 2.99. The van der Waals surface area contributed by atoms with E-state index in [2.05, 4.69) is 0 Å². The van der Waals surface area contributed by atoms with Crippen LogP contribution in [0, 0.1) is 0 Å². The van der Waals surface area contributed by atoms with E-state index in [4.69, 9.17) is 10.8 Å². The Morgan fingerprint density at radius 1 is 1.21 bits per heavy atom. The Hall–Kier alpha value is -2.56. The van der Waals surface area contributed by atoms with Crippen molar-refractivity contribution in [1.29, 1.82) is 0 Å². The van der Waals surface area contributed by atoms with E-state index in [1.165, 1.54) is 0 Å². The largest absolute Gasteiger partial charge is 0.478 e. The first kappa shape index (κ1) is 12.9. The summed E-state index contributed by atoms with van der Waals surface area (Å²) in [4.78, 5) is 22.1. The number of aromatic carboxylic acids is 1. The standard InChI is InChI=1S/C14H14N2O3/c1-2-12-11(14(18)19)7-8-16(12)10-5-3-9(4-6-10)13(15)17/h3-8H,2H2,1H3,(H2,15,17)(H,18,19). The fourth-order valence-electron chi connectivity index (χ4n) is 2.05. The third kappa shape index (κ3) is 2.35. The molecule has 2 aromatic rings. The maximum atomic E-state index is 11.1. The van der Waals surface area contributed by atoms with Gasteiger partial charge in [-0.25, -0.2) is 4.79 Å². The Morgan fingerprint density at radius 3 is 2.32 bits per heavy atom. The topological polar surface area (TPSA) is 85.3 Å². The third-order valence-corrected chi connectivity index (χ3v) is 2.99. The summed E-state index contributed by atoms with van der Waals surface area (Å²) in [6, 6.07) is 8.30. The maximum absolute atomic E-state index is 11.1. The van der Waals surface area contributed by atoms with Crippen LogP contribution in [0.3, 0.4) is 0 Å². The van der Waals surface area contributed by atoms with Crippen molar-refractivity contribution in [2.75, 3.05) is 0 Å². The van der Waals surface area contributed by atoms with Gasteiger partial charge in [0.1, 0.15) is 0 Å². The molecule has 1 amide bonds. The summed E-state index contributed by atoms with van der Waals surface area (Å²) in [5.74, 6) is -1.43. The molecule has 1 aromatic carbocycles. The molecule has 0 spiro atoms. The van der Waals surface area contributed by atoms with E-state index in [1.807, 2.05) is 6.92 Å². The van der Waals surface area contributed by atoms with Gasteiger partial charge >= 0.3 is 5.97 Å². The van der Waals surface area contributed by atoms with Crippen molar-refractivity contribution in [3.8, 4) is 5.69 Å². The first-order chi connectivity index (χ1) is 9.04. The van der Waals surface area contributed by atoms with Gasteiger partial charge < -0.3 is 15.4 Å². The summed E-state index contributed by atoms with van der Waals surface area (Å²) in [7, 11) is 0. The van der Waals surface area contributed by atoms with Crippen LogP contribution < -0.4 is 5.73 Å². The molecule has 1 aromatic heterocycles. The van der Waals surface area contributed by atoms with E-state index < -0.39 is 11.9 Å². The fraction of sp³-hybridized carbons (Fsp3) is 0.143. The number of benzene rings is 1. The van der Waals surface area contributed by atoms with Crippen LogP contribution >= 0.6 is 0 Å². The molecule has 0 fully saturated rings. The fourth-order valence-corrected chi connectivity index (χ4v) is 2.05. The normalized spacial score (nSPS) is 10.4. The number of hydrogen-bond acceptors (Lipinski definition) is 2. The van der Waals surface area contributed by atoms with E-state index in [-0.39, 0.29) is 0 Å². The summed E-state index contributed by atoms with van der Waals surface area (Å²) >= 11 is 0. The van der Waals surface area contributed by atoms with Crippen molar-refractivity contribution in [3.05, 3.63) is 53.3 Å². The van der Waals surface area contributed by atoms with Gasteiger partial charge in [0.2, 0.25) is 5.91 Å². The van der Waals surface area contributed by atoms with Crippen LogP contribution in [-0.2, 0) is 6.42 Å². The average Bonchev–Trinajstić information content (AvgIpc) is 2.82. The summed E-state index contributed by atoms with van der Waals surface area (Å²) in [5.41, 5.74) is 7.42. The first-order valence-corrected chi connectivity index (χ1v) is 5.88. The molecule has 98 valence electrons. The quantitative estimate of drug-likeness (QED) is 0.877. The zero-order valence-electron chi connectivity index (χ0n) is 10.5. The first-order valence-electron chi connectivity index (χ1n) is 5.88. The molecular formula is C14H14N2O3. The molecule has 0 saturated heterocycles. The summed E-state index contributed by atoms with van der Waals surface area (Å²) in [6.07, 6.45) is 2.31. The highest BCUT2D eigenvalue weighted by Gasteiger charge is 2.14. The highest BCUT2D eigenvalue weighted by Crippen LogP contribution is 2.18. The Bertz CT molecular complexity index is 627. The number of carboxylic acid groups (broad SMARTS) is 1. The molecule has 3 N–H and O–H groups in total. The molecule has 2 rings (SSSR count). The lowest BCUT2D eigenvalue weighted by atomic mass is 10.1. The van der Waals surface area contributed by atoms with E-state index in [1.54, 1.807) is 41.1 Å². The molecule has 0 unspecified atom stereocenters. The van der Waals surface area contributed by atoms with Gasteiger partial charge in [0.05, 0.1) is 5.56 Å². The molecule has 0 bridgehead atoms. The molecule has 0 atom stereocenters. The van der Waals surface area contributed by atoms with Gasteiger partial charge in [0, 0.05) is 23.1 Å². The molecule has 0 saturated carbocycles. The molecule has 5 nitrogen and oxygen atoms in total. The molecule has 1 heterocycles. The van der Waals surface area contributed by atoms with Crippen LogP contribution in [0.2, 0.25) is 0 Å². The second-order valence-corrected chi connectivity index (χ2v) is 4.12. The minimum Gasteiger partial charge on any atom is -0.478 e. The Morgan fingerprint density at radius 2 is 1.84 bits per heavy atom. The van der Waals surface area contributed by atoms with Crippen molar-refractivity contribution in [3.63, 3.8) is 0 Å².